The van der Waals surface area contributed by atoms with Crippen molar-refractivity contribution in [3.05, 3.63) is 71.8 Å². The van der Waals surface area contributed by atoms with Crippen molar-refractivity contribution in [3.8, 4) is 11.5 Å². The fourth-order valence-electron chi connectivity index (χ4n) is 4.69. The van der Waals surface area contributed by atoms with Crippen LogP contribution in [-0.2, 0) is 14.8 Å². The van der Waals surface area contributed by atoms with E-state index in [2.05, 4.69) is 27.5 Å². The number of anilines is 1. The van der Waals surface area contributed by atoms with Crippen LogP contribution in [-0.4, -0.2) is 54.5 Å². The molecule has 2 atom stereocenters. The topological polar surface area (TPSA) is 123 Å². The normalized spacial score (nSPS) is 17.6. The van der Waals surface area contributed by atoms with E-state index in [-0.39, 0.29) is 18.2 Å². The number of carbonyl (C=O) groups is 1. The summed E-state index contributed by atoms with van der Waals surface area (Å²) in [6.07, 6.45) is 4.46. The summed E-state index contributed by atoms with van der Waals surface area (Å²) in [5.74, 6) is 0.580. The van der Waals surface area contributed by atoms with E-state index in [1.165, 1.54) is 16.4 Å². The molecule has 1 unspecified atom stereocenters. The molecule has 0 bridgehead atoms. The monoisotopic (exact) mass is 555 g/mol. The molecule has 10 nitrogen and oxygen atoms in total. The van der Waals surface area contributed by atoms with Crippen molar-refractivity contribution < 1.29 is 27.1 Å². The average Bonchev–Trinajstić information content (AvgIpc) is 3.62. The molecule has 3 aromatic rings. The molecule has 3 heterocycles. The van der Waals surface area contributed by atoms with Crippen LogP contribution < -0.4 is 20.1 Å². The second kappa shape index (κ2) is 11.5. The molecular formula is C27H30FN5O5S. The van der Waals surface area contributed by atoms with Crippen molar-refractivity contribution in [2.24, 2.45) is 0 Å². The molecule has 1 fully saturated rings. The lowest BCUT2D eigenvalue weighted by Crippen LogP contribution is -2.47. The molecule has 39 heavy (non-hydrogen) atoms. The van der Waals surface area contributed by atoms with Crippen molar-refractivity contribution in [2.45, 2.75) is 49.6 Å². The first-order valence-electron chi connectivity index (χ1n) is 12.9. The van der Waals surface area contributed by atoms with Crippen LogP contribution in [0.2, 0.25) is 0 Å². The molecule has 0 saturated carbocycles. The van der Waals surface area contributed by atoms with Crippen LogP contribution in [0.3, 0.4) is 0 Å². The van der Waals surface area contributed by atoms with Gasteiger partial charge in [0.05, 0.1) is 16.6 Å². The van der Waals surface area contributed by atoms with Gasteiger partial charge in [-0.1, -0.05) is 19.4 Å². The van der Waals surface area contributed by atoms with Crippen LogP contribution in [0.15, 0.2) is 59.6 Å². The zero-order valence-electron chi connectivity index (χ0n) is 21.5. The van der Waals surface area contributed by atoms with Gasteiger partial charge in [0.2, 0.25) is 28.7 Å². The molecule has 2 aromatic carbocycles. The van der Waals surface area contributed by atoms with E-state index in [0.717, 1.165) is 25.0 Å². The van der Waals surface area contributed by atoms with Crippen LogP contribution in [0, 0.1) is 5.82 Å². The third-order valence-corrected chi connectivity index (χ3v) is 8.65. The first-order chi connectivity index (χ1) is 18.9. The predicted molar refractivity (Wildman–Crippen MR) is 141 cm³/mol. The minimum atomic E-state index is -4.01. The van der Waals surface area contributed by atoms with Crippen LogP contribution >= 0.6 is 0 Å². The molecule has 0 aliphatic carbocycles. The number of hydrogen-bond acceptors (Lipinski definition) is 8. The highest BCUT2D eigenvalue weighted by molar-refractivity contribution is 7.89. The standard InChI is InChI=1S/C27H30FN5O5S/c1-2-3-13-29-27-30-14-12-21(31-27)25(18-6-11-23-24(16-18)38-17-37-23)32-26(34)22-5-4-15-33(22)39(35,36)20-9-7-19(28)8-10-20/h6-12,14,16,22,25H,2-5,13,15,17H2,1H3,(H,32,34)(H,29,30,31)/t22-,25?/m0/s1. The highest BCUT2D eigenvalue weighted by atomic mass is 32.2. The van der Waals surface area contributed by atoms with Gasteiger partial charge in [-0.15, -0.1) is 0 Å². The molecule has 1 aromatic heterocycles. The highest BCUT2D eigenvalue weighted by Gasteiger charge is 2.40. The van der Waals surface area contributed by atoms with Gasteiger partial charge in [0, 0.05) is 19.3 Å². The number of benzene rings is 2. The lowest BCUT2D eigenvalue weighted by atomic mass is 10.0. The number of carbonyl (C=O) groups excluding carboxylic acids is 1. The zero-order chi connectivity index (χ0) is 27.4. The SMILES string of the molecule is CCCCNc1nccc(C(NC(=O)[C@@H]2CCCN2S(=O)(=O)c2ccc(F)cc2)c2ccc3c(c2)OCO3)n1. The predicted octanol–water partition coefficient (Wildman–Crippen LogP) is 3.62. The number of ether oxygens (including phenoxy) is 2. The number of nitrogens with zero attached hydrogens (tertiary/aromatic N) is 3. The molecule has 1 amide bonds. The van der Waals surface area contributed by atoms with E-state index in [9.17, 15) is 17.6 Å². The Morgan fingerprint density at radius 1 is 1.15 bits per heavy atom. The lowest BCUT2D eigenvalue weighted by Gasteiger charge is -2.26. The van der Waals surface area contributed by atoms with E-state index in [1.807, 2.05) is 6.07 Å². The highest BCUT2D eigenvalue weighted by Crippen LogP contribution is 2.36. The summed E-state index contributed by atoms with van der Waals surface area (Å²) in [5, 5.41) is 6.22. The Kier molecular flexibility index (Phi) is 7.94. The second-order valence-corrected chi connectivity index (χ2v) is 11.3. The third-order valence-electron chi connectivity index (χ3n) is 6.73. The minimum Gasteiger partial charge on any atom is -0.454 e. The number of halogens is 1. The van der Waals surface area contributed by atoms with Crippen LogP contribution in [0.4, 0.5) is 10.3 Å². The molecule has 206 valence electrons. The smallest absolute Gasteiger partial charge is 0.243 e. The molecule has 2 aliphatic rings. The van der Waals surface area contributed by atoms with E-state index in [1.54, 1.807) is 24.4 Å². The lowest BCUT2D eigenvalue weighted by molar-refractivity contribution is -0.124. The fourth-order valence-corrected chi connectivity index (χ4v) is 6.34. The van der Waals surface area contributed by atoms with Gasteiger partial charge in [0.25, 0.3) is 0 Å². The number of amides is 1. The van der Waals surface area contributed by atoms with E-state index in [4.69, 9.17) is 9.47 Å². The van der Waals surface area contributed by atoms with Gasteiger partial charge in [-0.2, -0.15) is 4.31 Å². The molecule has 2 N–H and O–H groups in total. The molecule has 2 aliphatic heterocycles. The van der Waals surface area contributed by atoms with Crippen molar-refractivity contribution >= 4 is 21.9 Å². The number of rotatable bonds is 10. The average molecular weight is 556 g/mol. The number of hydrogen-bond donors (Lipinski definition) is 2. The summed E-state index contributed by atoms with van der Waals surface area (Å²) in [6.45, 7) is 3.09. The minimum absolute atomic E-state index is 0.0606. The quantitative estimate of drug-likeness (QED) is 0.364. The Labute approximate surface area is 226 Å². The number of fused-ring (bicyclic) bond motifs is 1. The number of nitrogens with one attached hydrogen (secondary N) is 2. The van der Waals surface area contributed by atoms with Crippen LogP contribution in [0.25, 0.3) is 0 Å². The molecule has 0 spiro atoms. The summed E-state index contributed by atoms with van der Waals surface area (Å²) in [6, 6.07) is 10.0. The van der Waals surface area contributed by atoms with Gasteiger partial charge >= 0.3 is 0 Å². The Hall–Kier alpha value is -3.77. The van der Waals surface area contributed by atoms with Gasteiger partial charge < -0.3 is 20.1 Å². The Morgan fingerprint density at radius 3 is 2.74 bits per heavy atom. The van der Waals surface area contributed by atoms with Gasteiger partial charge in [-0.25, -0.2) is 22.8 Å². The van der Waals surface area contributed by atoms with E-state index in [0.29, 0.717) is 48.1 Å². The summed E-state index contributed by atoms with van der Waals surface area (Å²) in [4.78, 5) is 22.6. The molecule has 0 radical (unpaired) electrons. The number of unbranched alkanes of at least 4 members (excludes halogenated alkanes) is 1. The van der Waals surface area contributed by atoms with Crippen molar-refractivity contribution in [2.75, 3.05) is 25.2 Å². The molecule has 12 heteroatoms. The maximum absolute atomic E-state index is 13.7. The fraction of sp³-hybridized carbons (Fsp3) is 0.370. The first kappa shape index (κ1) is 26.8. The summed E-state index contributed by atoms with van der Waals surface area (Å²) < 4.78 is 52.3. The van der Waals surface area contributed by atoms with Gasteiger partial charge in [0.15, 0.2) is 11.5 Å². The largest absolute Gasteiger partial charge is 0.454 e. The van der Waals surface area contributed by atoms with Gasteiger partial charge in [-0.3, -0.25) is 4.79 Å². The number of aromatic nitrogens is 2. The molecular weight excluding hydrogens is 525 g/mol. The maximum atomic E-state index is 13.7. The van der Waals surface area contributed by atoms with E-state index >= 15 is 0 Å². The van der Waals surface area contributed by atoms with Gasteiger partial charge in [0.1, 0.15) is 11.9 Å². The molecule has 1 saturated heterocycles. The Balaban J connectivity index is 1.44. The second-order valence-electron chi connectivity index (χ2n) is 9.37. The van der Waals surface area contributed by atoms with Crippen LogP contribution in [0.5, 0.6) is 11.5 Å². The van der Waals surface area contributed by atoms with E-state index < -0.39 is 33.8 Å². The van der Waals surface area contributed by atoms with Gasteiger partial charge in [-0.05, 0) is 67.3 Å². The van der Waals surface area contributed by atoms with Crippen LogP contribution in [0.1, 0.15) is 49.9 Å². The van der Waals surface area contributed by atoms with Crippen molar-refractivity contribution in [1.29, 1.82) is 0 Å². The summed E-state index contributed by atoms with van der Waals surface area (Å²) in [5.41, 5.74) is 1.22. The first-order valence-corrected chi connectivity index (χ1v) is 14.3. The summed E-state index contributed by atoms with van der Waals surface area (Å²) >= 11 is 0. The number of sulfonamides is 1. The van der Waals surface area contributed by atoms with Crippen molar-refractivity contribution in [3.63, 3.8) is 0 Å². The Morgan fingerprint density at radius 2 is 1.95 bits per heavy atom. The zero-order valence-corrected chi connectivity index (χ0v) is 22.3. The third kappa shape index (κ3) is 5.81. The Bertz CT molecular complexity index is 1440. The molecule has 5 rings (SSSR count). The van der Waals surface area contributed by atoms with Crippen molar-refractivity contribution in [1.82, 2.24) is 19.6 Å². The maximum Gasteiger partial charge on any atom is 0.243 e. The summed E-state index contributed by atoms with van der Waals surface area (Å²) in [7, 11) is -4.01.